The van der Waals surface area contributed by atoms with Crippen molar-refractivity contribution in [1.29, 1.82) is 0 Å². The van der Waals surface area contributed by atoms with E-state index >= 15 is 0 Å². The molecule has 36 heavy (non-hydrogen) atoms. The first-order valence-electron chi connectivity index (χ1n) is 14.2. The number of thioether (sulfide) groups is 1. The van der Waals surface area contributed by atoms with Crippen molar-refractivity contribution in [2.75, 3.05) is 0 Å². The number of carbonyl (C=O) groups is 1. The van der Waals surface area contributed by atoms with Crippen LogP contribution in [0.5, 0.6) is 0 Å². The van der Waals surface area contributed by atoms with Gasteiger partial charge in [0.15, 0.2) is 5.82 Å². The van der Waals surface area contributed by atoms with Crippen molar-refractivity contribution in [2.24, 2.45) is 0 Å². The number of aromatic nitrogens is 3. The molecule has 0 atom stereocenters. The Hall–Kier alpha value is -2.08. The molecule has 0 fully saturated rings. The molecule has 6 heteroatoms. The van der Waals surface area contributed by atoms with Gasteiger partial charge in [0.25, 0.3) is 0 Å². The lowest BCUT2D eigenvalue weighted by atomic mass is 10.0. The number of pyridine rings is 1. The molecule has 0 aromatic carbocycles. The van der Waals surface area contributed by atoms with Gasteiger partial charge in [0, 0.05) is 29.7 Å². The van der Waals surface area contributed by atoms with Crippen LogP contribution >= 0.6 is 11.8 Å². The van der Waals surface area contributed by atoms with E-state index in [0.717, 1.165) is 55.8 Å². The van der Waals surface area contributed by atoms with Gasteiger partial charge in [0.05, 0.1) is 11.4 Å². The van der Waals surface area contributed by atoms with Crippen molar-refractivity contribution in [3.8, 4) is 5.82 Å². The van der Waals surface area contributed by atoms with Gasteiger partial charge in [-0.3, -0.25) is 4.79 Å². The lowest BCUT2D eigenvalue weighted by Gasteiger charge is -2.10. The molecule has 0 radical (unpaired) electrons. The maximum atomic E-state index is 10.5. The van der Waals surface area contributed by atoms with Crippen LogP contribution in [0.2, 0.25) is 0 Å². The predicted molar refractivity (Wildman–Crippen MR) is 151 cm³/mol. The van der Waals surface area contributed by atoms with Gasteiger partial charge in [-0.15, -0.1) is 0 Å². The zero-order chi connectivity index (χ0) is 25.4. The maximum Gasteiger partial charge on any atom is 0.303 e. The summed E-state index contributed by atoms with van der Waals surface area (Å²) in [7, 11) is 0. The normalized spacial score (nSPS) is 13.0. The number of hydrogen-bond donors (Lipinski definition) is 1. The first-order chi connectivity index (χ1) is 17.7. The van der Waals surface area contributed by atoms with Gasteiger partial charge in [-0.1, -0.05) is 64.0 Å². The minimum absolute atomic E-state index is 0.318. The Morgan fingerprint density at radius 2 is 1.64 bits per heavy atom. The molecular weight excluding hydrogens is 466 g/mol. The highest BCUT2D eigenvalue weighted by atomic mass is 32.2. The summed E-state index contributed by atoms with van der Waals surface area (Å²) in [6, 6.07) is 4.29. The Bertz CT molecular complexity index is 954. The number of carboxylic acid groups (broad SMARTS) is 1. The van der Waals surface area contributed by atoms with Crippen LogP contribution in [0.15, 0.2) is 30.5 Å². The number of rotatable bonds is 19. The Labute approximate surface area is 222 Å². The minimum atomic E-state index is -0.671. The quantitative estimate of drug-likeness (QED) is 0.152. The molecular formula is C30H45N3O2S. The van der Waals surface area contributed by atoms with Crippen LogP contribution < -0.4 is 0 Å². The number of unbranched alkanes of at least 4 members (excludes halogenated alkanes) is 11. The van der Waals surface area contributed by atoms with Crippen LogP contribution in [0.4, 0.5) is 0 Å². The number of carboxylic acids is 1. The average molecular weight is 512 g/mol. The largest absolute Gasteiger partial charge is 0.481 e. The highest BCUT2D eigenvalue weighted by Gasteiger charge is 2.23. The zero-order valence-electron chi connectivity index (χ0n) is 22.2. The lowest BCUT2D eigenvalue weighted by Crippen LogP contribution is -2.07. The molecule has 0 saturated carbocycles. The van der Waals surface area contributed by atoms with Gasteiger partial charge in [-0.05, 0) is 69.1 Å². The molecule has 0 saturated heterocycles. The van der Waals surface area contributed by atoms with Crippen LogP contribution in [-0.2, 0) is 29.1 Å². The molecule has 5 nitrogen and oxygen atoms in total. The highest BCUT2D eigenvalue weighted by molar-refractivity contribution is 7.98. The van der Waals surface area contributed by atoms with Gasteiger partial charge in [0.1, 0.15) is 0 Å². The van der Waals surface area contributed by atoms with Gasteiger partial charge in [-0.2, -0.15) is 16.9 Å². The van der Waals surface area contributed by atoms with Gasteiger partial charge < -0.3 is 5.11 Å². The molecule has 0 bridgehead atoms. The first kappa shape index (κ1) is 28.5. The van der Waals surface area contributed by atoms with E-state index < -0.39 is 5.97 Å². The molecule has 2 aromatic heterocycles. The van der Waals surface area contributed by atoms with Crippen molar-refractivity contribution in [1.82, 2.24) is 14.8 Å². The third-order valence-corrected chi connectivity index (χ3v) is 8.03. The molecule has 3 rings (SSSR count). The summed E-state index contributed by atoms with van der Waals surface area (Å²) in [6.45, 7) is 2.19. The summed E-state index contributed by atoms with van der Waals surface area (Å²) in [6.07, 6.45) is 24.7. The lowest BCUT2D eigenvalue weighted by molar-refractivity contribution is -0.137. The smallest absolute Gasteiger partial charge is 0.303 e. The van der Waals surface area contributed by atoms with E-state index in [1.807, 2.05) is 18.0 Å². The van der Waals surface area contributed by atoms with Crippen molar-refractivity contribution in [2.45, 2.75) is 121 Å². The number of aryl methyl sites for hydroxylation is 1. The Morgan fingerprint density at radius 3 is 2.33 bits per heavy atom. The van der Waals surface area contributed by atoms with Crippen molar-refractivity contribution in [3.05, 3.63) is 53.0 Å². The van der Waals surface area contributed by atoms with Crippen molar-refractivity contribution >= 4 is 17.7 Å². The van der Waals surface area contributed by atoms with Gasteiger partial charge in [0.2, 0.25) is 0 Å². The van der Waals surface area contributed by atoms with Crippen LogP contribution in [0, 0.1) is 0 Å². The number of aliphatic carboxylic acids is 1. The number of nitrogens with zero attached hydrogens (tertiary/aromatic N) is 3. The van der Waals surface area contributed by atoms with Crippen LogP contribution in [0.3, 0.4) is 0 Å². The fraction of sp³-hybridized carbons (Fsp3) is 0.633. The molecule has 198 valence electrons. The molecule has 0 spiro atoms. The SMILES string of the molecule is CCc1ccnc(-n2nc3c(c2CCCCCCCC/C=C\CCCCCCCC(=O)O)CSC3)c1. The Morgan fingerprint density at radius 1 is 0.972 bits per heavy atom. The van der Waals surface area contributed by atoms with E-state index in [-0.39, 0.29) is 0 Å². The van der Waals surface area contributed by atoms with E-state index in [0.29, 0.717) is 6.42 Å². The van der Waals surface area contributed by atoms with Crippen molar-refractivity contribution < 1.29 is 9.90 Å². The first-order valence-corrected chi connectivity index (χ1v) is 15.3. The summed E-state index contributed by atoms with van der Waals surface area (Å²) in [5.74, 6) is 2.44. The maximum absolute atomic E-state index is 10.5. The van der Waals surface area contributed by atoms with Crippen molar-refractivity contribution in [3.63, 3.8) is 0 Å². The molecule has 3 heterocycles. The van der Waals surface area contributed by atoms with Crippen LogP contribution in [0.25, 0.3) is 5.82 Å². The molecule has 0 amide bonds. The molecule has 1 aliphatic heterocycles. The van der Waals surface area contributed by atoms with Gasteiger partial charge >= 0.3 is 5.97 Å². The second kappa shape index (κ2) is 16.6. The van der Waals surface area contributed by atoms with Crippen LogP contribution in [0.1, 0.15) is 119 Å². The molecule has 0 aliphatic carbocycles. The second-order valence-corrected chi connectivity index (χ2v) is 11.0. The van der Waals surface area contributed by atoms with E-state index in [1.54, 1.807) is 0 Å². The van der Waals surface area contributed by atoms with Gasteiger partial charge in [-0.25, -0.2) is 9.67 Å². The molecule has 1 N–H and O–H groups in total. The summed E-state index contributed by atoms with van der Waals surface area (Å²) >= 11 is 1.98. The number of hydrogen-bond acceptors (Lipinski definition) is 4. The standard InChI is InChI=1S/C30H45N3O2S/c1-2-25-20-21-31-29(22-25)33-28(26-23-36-24-27(26)32-33)18-16-14-12-10-8-6-4-3-5-7-9-11-13-15-17-19-30(34)35/h3,5,20-22H,2,4,6-19,23-24H2,1H3,(H,34,35)/b5-3-. The Kier molecular flexibility index (Phi) is 13.2. The summed E-state index contributed by atoms with van der Waals surface area (Å²) < 4.78 is 2.13. The molecule has 1 aliphatic rings. The summed E-state index contributed by atoms with van der Waals surface area (Å²) in [4.78, 5) is 15.1. The predicted octanol–water partition coefficient (Wildman–Crippen LogP) is 8.22. The van der Waals surface area contributed by atoms with Crippen LogP contribution in [-0.4, -0.2) is 25.8 Å². The summed E-state index contributed by atoms with van der Waals surface area (Å²) in [5.41, 5.74) is 5.44. The minimum Gasteiger partial charge on any atom is -0.481 e. The topological polar surface area (TPSA) is 68.0 Å². The molecule has 2 aromatic rings. The molecule has 0 unspecified atom stereocenters. The monoisotopic (exact) mass is 511 g/mol. The number of fused-ring (bicyclic) bond motifs is 1. The Balaban J connectivity index is 1.24. The zero-order valence-corrected chi connectivity index (χ0v) is 23.0. The fourth-order valence-electron chi connectivity index (χ4n) is 4.88. The van der Waals surface area contributed by atoms with E-state index in [4.69, 9.17) is 10.2 Å². The highest BCUT2D eigenvalue weighted by Crippen LogP contribution is 2.33. The van der Waals surface area contributed by atoms with E-state index in [1.165, 1.54) is 80.3 Å². The van der Waals surface area contributed by atoms with E-state index in [9.17, 15) is 4.79 Å². The summed E-state index contributed by atoms with van der Waals surface area (Å²) in [5, 5.41) is 13.6. The fourth-order valence-corrected chi connectivity index (χ4v) is 5.94. The third kappa shape index (κ3) is 9.76. The average Bonchev–Trinajstić information content (AvgIpc) is 3.48. The third-order valence-electron chi connectivity index (χ3n) is 7.06. The second-order valence-electron chi connectivity index (χ2n) is 9.98. The number of allylic oxidation sites excluding steroid dienone is 2. The van der Waals surface area contributed by atoms with E-state index in [2.05, 4.69) is 40.9 Å².